The highest BCUT2D eigenvalue weighted by atomic mass is 32.1. The van der Waals surface area contributed by atoms with Crippen LogP contribution >= 0.6 is 11.3 Å². The van der Waals surface area contributed by atoms with Gasteiger partial charge in [-0.1, -0.05) is 36.4 Å². The van der Waals surface area contributed by atoms with Crippen LogP contribution in [0.5, 0.6) is 11.5 Å². The number of hydrogen-bond acceptors (Lipinski definition) is 6. The van der Waals surface area contributed by atoms with E-state index < -0.39 is 5.97 Å². The summed E-state index contributed by atoms with van der Waals surface area (Å²) in [5.74, 6) is 0.502. The van der Waals surface area contributed by atoms with Gasteiger partial charge in [0, 0.05) is 18.3 Å². The first kappa shape index (κ1) is 19.7. The summed E-state index contributed by atoms with van der Waals surface area (Å²) in [6.45, 7) is 1.13. The van der Waals surface area contributed by atoms with Crippen molar-refractivity contribution in [3.05, 3.63) is 70.7 Å². The lowest BCUT2D eigenvalue weighted by molar-refractivity contribution is -0.136. The average Bonchev–Trinajstić information content (AvgIpc) is 3.14. The van der Waals surface area contributed by atoms with Crippen molar-refractivity contribution < 1.29 is 19.4 Å². The first-order chi connectivity index (χ1) is 13.6. The molecule has 28 heavy (non-hydrogen) atoms. The van der Waals surface area contributed by atoms with Crippen molar-refractivity contribution in [3.63, 3.8) is 0 Å². The Bertz CT molecular complexity index is 912. The summed E-state index contributed by atoms with van der Waals surface area (Å²) in [7, 11) is 1.62. The Morgan fingerprint density at radius 2 is 1.96 bits per heavy atom. The summed E-state index contributed by atoms with van der Waals surface area (Å²) in [5, 5.41) is 14.5. The van der Waals surface area contributed by atoms with Gasteiger partial charge in [0.15, 0.2) is 16.6 Å². The third-order valence-electron chi connectivity index (χ3n) is 4.05. The second-order valence-corrected chi connectivity index (χ2v) is 7.00. The first-order valence-electron chi connectivity index (χ1n) is 8.88. The highest BCUT2D eigenvalue weighted by Crippen LogP contribution is 2.29. The minimum absolute atomic E-state index is 0.0684. The van der Waals surface area contributed by atoms with E-state index in [9.17, 15) is 4.79 Å². The summed E-state index contributed by atoms with van der Waals surface area (Å²) >= 11 is 1.39. The molecule has 6 nitrogen and oxygen atoms in total. The van der Waals surface area contributed by atoms with Crippen LogP contribution in [0.3, 0.4) is 0 Å². The Hall–Kier alpha value is -3.06. The second kappa shape index (κ2) is 9.75. The number of aliphatic carboxylic acids is 1. The molecule has 3 aromatic rings. The molecule has 1 heterocycles. The van der Waals surface area contributed by atoms with E-state index in [1.165, 1.54) is 16.9 Å². The monoisotopic (exact) mass is 398 g/mol. The fourth-order valence-electron chi connectivity index (χ4n) is 2.67. The molecule has 0 aliphatic heterocycles. The van der Waals surface area contributed by atoms with Crippen molar-refractivity contribution in [2.24, 2.45) is 0 Å². The van der Waals surface area contributed by atoms with E-state index in [-0.39, 0.29) is 6.42 Å². The molecule has 2 aromatic carbocycles. The van der Waals surface area contributed by atoms with Crippen molar-refractivity contribution in [1.29, 1.82) is 0 Å². The van der Waals surface area contributed by atoms with Crippen LogP contribution in [-0.2, 0) is 24.2 Å². The lowest BCUT2D eigenvalue weighted by Gasteiger charge is -2.12. The summed E-state index contributed by atoms with van der Waals surface area (Å²) in [6.07, 6.45) is 0.761. The minimum atomic E-state index is -0.885. The predicted octanol–water partition coefficient (Wildman–Crippen LogP) is 4.01. The zero-order valence-electron chi connectivity index (χ0n) is 15.6. The Balaban J connectivity index is 1.55. The van der Waals surface area contributed by atoms with Crippen molar-refractivity contribution in [2.75, 3.05) is 19.0 Å². The van der Waals surface area contributed by atoms with Gasteiger partial charge in [-0.25, -0.2) is 4.98 Å². The van der Waals surface area contributed by atoms with Gasteiger partial charge in [0.2, 0.25) is 0 Å². The number of anilines is 1. The molecule has 2 N–H and O–H groups in total. The molecule has 0 aliphatic rings. The molecule has 7 heteroatoms. The van der Waals surface area contributed by atoms with E-state index in [0.29, 0.717) is 35.5 Å². The molecular formula is C21H22N2O4S. The maximum absolute atomic E-state index is 10.7. The topological polar surface area (TPSA) is 80.7 Å². The molecular weight excluding hydrogens is 376 g/mol. The Morgan fingerprint density at radius 1 is 1.14 bits per heavy atom. The smallest absolute Gasteiger partial charge is 0.309 e. The van der Waals surface area contributed by atoms with Gasteiger partial charge in [-0.05, 0) is 23.3 Å². The summed E-state index contributed by atoms with van der Waals surface area (Å²) < 4.78 is 11.3. The third-order valence-corrected chi connectivity index (χ3v) is 4.90. The van der Waals surface area contributed by atoms with E-state index in [2.05, 4.69) is 22.4 Å². The number of nitrogens with one attached hydrogen (secondary N) is 1. The second-order valence-electron chi connectivity index (χ2n) is 6.14. The summed E-state index contributed by atoms with van der Waals surface area (Å²) in [4.78, 5) is 15.0. The molecule has 0 atom stereocenters. The Kier molecular flexibility index (Phi) is 6.86. The van der Waals surface area contributed by atoms with Gasteiger partial charge in [0.1, 0.15) is 0 Å². The van der Waals surface area contributed by atoms with Crippen LogP contribution in [0.15, 0.2) is 53.9 Å². The van der Waals surface area contributed by atoms with E-state index in [1.807, 2.05) is 36.4 Å². The molecule has 0 fully saturated rings. The normalized spacial score (nSPS) is 10.5. The molecule has 0 saturated heterocycles. The molecule has 0 saturated carbocycles. The number of methoxy groups -OCH3 is 1. The molecule has 0 amide bonds. The van der Waals surface area contributed by atoms with Gasteiger partial charge in [-0.15, -0.1) is 11.3 Å². The number of hydrogen-bond donors (Lipinski definition) is 2. The lowest BCUT2D eigenvalue weighted by atomic mass is 10.1. The quantitative estimate of drug-likeness (QED) is 0.537. The molecule has 0 bridgehead atoms. The summed E-state index contributed by atoms with van der Waals surface area (Å²) in [6, 6.07) is 16.0. The largest absolute Gasteiger partial charge is 0.493 e. The number of thiazole rings is 1. The number of carbonyl (C=O) groups is 1. The molecule has 0 spiro atoms. The zero-order valence-corrected chi connectivity index (χ0v) is 16.4. The fraction of sp³-hybridized carbons (Fsp3) is 0.238. The van der Waals surface area contributed by atoms with E-state index in [4.69, 9.17) is 14.6 Å². The molecule has 3 rings (SSSR count). The Morgan fingerprint density at radius 3 is 2.71 bits per heavy atom. The van der Waals surface area contributed by atoms with E-state index >= 15 is 0 Å². The lowest BCUT2D eigenvalue weighted by Crippen LogP contribution is -2.04. The standard InChI is InChI=1S/C21H22N2O4S/c1-26-19-11-16(13-22-21-23-17(14-28-21)12-20(24)25)7-8-18(19)27-10-9-15-5-3-2-4-6-15/h2-8,11,14H,9-10,12-13H2,1H3,(H,22,23)(H,24,25). The number of carboxylic acid groups (broad SMARTS) is 1. The predicted molar refractivity (Wildman–Crippen MR) is 109 cm³/mol. The van der Waals surface area contributed by atoms with Crippen LogP contribution in [-0.4, -0.2) is 29.8 Å². The average molecular weight is 398 g/mol. The Labute approximate surface area is 167 Å². The molecule has 1 aromatic heterocycles. The number of aromatic nitrogens is 1. The minimum Gasteiger partial charge on any atom is -0.493 e. The van der Waals surface area contributed by atoms with E-state index in [0.717, 1.165) is 12.0 Å². The van der Waals surface area contributed by atoms with Crippen LogP contribution < -0.4 is 14.8 Å². The van der Waals surface area contributed by atoms with E-state index in [1.54, 1.807) is 12.5 Å². The van der Waals surface area contributed by atoms with Gasteiger partial charge in [-0.3, -0.25) is 4.79 Å². The fourth-order valence-corrected chi connectivity index (χ4v) is 3.38. The number of nitrogens with zero attached hydrogens (tertiary/aromatic N) is 1. The SMILES string of the molecule is COc1cc(CNc2nc(CC(=O)O)cs2)ccc1OCCc1ccccc1. The van der Waals surface area contributed by atoms with Gasteiger partial charge < -0.3 is 19.9 Å². The van der Waals surface area contributed by atoms with Gasteiger partial charge >= 0.3 is 5.97 Å². The highest BCUT2D eigenvalue weighted by Gasteiger charge is 2.08. The maximum atomic E-state index is 10.7. The third kappa shape index (κ3) is 5.72. The van der Waals surface area contributed by atoms with Crippen molar-refractivity contribution in [3.8, 4) is 11.5 Å². The van der Waals surface area contributed by atoms with Crippen molar-refractivity contribution in [1.82, 2.24) is 4.98 Å². The number of carboxylic acids is 1. The molecule has 0 unspecified atom stereocenters. The number of ether oxygens (including phenoxy) is 2. The van der Waals surface area contributed by atoms with Gasteiger partial charge in [0.25, 0.3) is 0 Å². The molecule has 0 radical (unpaired) electrons. The van der Waals surface area contributed by atoms with Crippen LogP contribution in [0.2, 0.25) is 0 Å². The first-order valence-corrected chi connectivity index (χ1v) is 9.75. The summed E-state index contributed by atoms with van der Waals surface area (Å²) in [5.41, 5.74) is 2.80. The van der Waals surface area contributed by atoms with Crippen molar-refractivity contribution in [2.45, 2.75) is 19.4 Å². The van der Waals surface area contributed by atoms with Crippen molar-refractivity contribution >= 4 is 22.4 Å². The van der Waals surface area contributed by atoms with Crippen LogP contribution in [0.4, 0.5) is 5.13 Å². The molecule has 0 aliphatic carbocycles. The zero-order chi connectivity index (χ0) is 19.8. The van der Waals surface area contributed by atoms with Gasteiger partial charge in [-0.2, -0.15) is 0 Å². The number of rotatable bonds is 10. The van der Waals surface area contributed by atoms with Crippen LogP contribution in [0.1, 0.15) is 16.8 Å². The van der Waals surface area contributed by atoms with Gasteiger partial charge in [0.05, 0.1) is 25.8 Å². The van der Waals surface area contributed by atoms with Crippen LogP contribution in [0, 0.1) is 0 Å². The number of benzene rings is 2. The van der Waals surface area contributed by atoms with Crippen LogP contribution in [0.25, 0.3) is 0 Å². The maximum Gasteiger partial charge on any atom is 0.309 e. The highest BCUT2D eigenvalue weighted by molar-refractivity contribution is 7.13. The molecule has 146 valence electrons.